The molecular formula is C14H16FN3O3. The van der Waals surface area contributed by atoms with E-state index in [1.54, 1.807) is 25.9 Å². The van der Waals surface area contributed by atoms with Gasteiger partial charge in [0.2, 0.25) is 5.89 Å². The van der Waals surface area contributed by atoms with Gasteiger partial charge in [-0.15, -0.1) is 0 Å². The van der Waals surface area contributed by atoms with E-state index < -0.39 is 11.9 Å². The van der Waals surface area contributed by atoms with E-state index in [4.69, 9.17) is 9.26 Å². The number of halogens is 1. The highest BCUT2D eigenvalue weighted by Crippen LogP contribution is 2.26. The number of nitrogens with zero attached hydrogens (tertiary/aromatic N) is 3. The molecule has 1 aromatic heterocycles. The fourth-order valence-electron chi connectivity index (χ4n) is 1.79. The second-order valence-corrected chi connectivity index (χ2v) is 4.56. The molecule has 0 saturated heterocycles. The molecule has 0 radical (unpaired) electrons. The predicted octanol–water partition coefficient (Wildman–Crippen LogP) is 1.97. The monoisotopic (exact) mass is 293 g/mol. The molecule has 6 nitrogen and oxygen atoms in total. The van der Waals surface area contributed by atoms with Crippen LogP contribution >= 0.6 is 0 Å². The number of esters is 1. The van der Waals surface area contributed by atoms with Crippen LogP contribution in [-0.2, 0) is 9.53 Å². The minimum absolute atomic E-state index is 0.115. The van der Waals surface area contributed by atoms with Crippen LogP contribution in [0.25, 0.3) is 0 Å². The molecule has 0 fully saturated rings. The van der Waals surface area contributed by atoms with Crippen LogP contribution in [0.3, 0.4) is 0 Å². The number of carbonyl (C=O) groups excluding carboxylic acids is 1. The van der Waals surface area contributed by atoms with Gasteiger partial charge in [-0.05, 0) is 29.8 Å². The largest absolute Gasteiger partial charge is 0.465 e. The van der Waals surface area contributed by atoms with Gasteiger partial charge in [-0.1, -0.05) is 12.1 Å². The van der Waals surface area contributed by atoms with E-state index in [0.29, 0.717) is 11.5 Å². The summed E-state index contributed by atoms with van der Waals surface area (Å²) in [7, 11) is 3.51. The van der Waals surface area contributed by atoms with Gasteiger partial charge in [0.05, 0.1) is 6.61 Å². The van der Waals surface area contributed by atoms with Gasteiger partial charge in [0, 0.05) is 14.1 Å². The Labute approximate surface area is 121 Å². The van der Waals surface area contributed by atoms with Crippen LogP contribution in [0.5, 0.6) is 0 Å². The molecule has 1 atom stereocenters. The lowest BCUT2D eigenvalue weighted by atomic mass is 9.99. The lowest BCUT2D eigenvalue weighted by Crippen LogP contribution is -2.18. The van der Waals surface area contributed by atoms with E-state index >= 15 is 0 Å². The molecule has 0 aliphatic heterocycles. The second kappa shape index (κ2) is 6.34. The van der Waals surface area contributed by atoms with Crippen molar-refractivity contribution in [3.63, 3.8) is 0 Å². The van der Waals surface area contributed by atoms with Crippen molar-refractivity contribution in [1.29, 1.82) is 0 Å². The van der Waals surface area contributed by atoms with Crippen LogP contribution in [0, 0.1) is 5.82 Å². The van der Waals surface area contributed by atoms with Crippen molar-refractivity contribution in [3.05, 3.63) is 41.5 Å². The molecule has 2 rings (SSSR count). The Hall–Kier alpha value is -2.44. The third-order valence-electron chi connectivity index (χ3n) is 2.80. The van der Waals surface area contributed by atoms with E-state index in [2.05, 4.69) is 10.1 Å². The molecule has 1 aromatic carbocycles. The molecule has 7 heteroatoms. The van der Waals surface area contributed by atoms with Crippen LogP contribution < -0.4 is 4.90 Å². The Balaban J connectivity index is 2.39. The van der Waals surface area contributed by atoms with Crippen molar-refractivity contribution in [3.8, 4) is 0 Å². The number of carbonyl (C=O) groups is 1. The van der Waals surface area contributed by atoms with Crippen molar-refractivity contribution in [2.75, 3.05) is 25.6 Å². The van der Waals surface area contributed by atoms with Gasteiger partial charge < -0.3 is 14.2 Å². The Kier molecular flexibility index (Phi) is 4.52. The number of aromatic nitrogens is 2. The molecule has 2 aromatic rings. The average Bonchev–Trinajstić information content (AvgIpc) is 2.91. The van der Waals surface area contributed by atoms with Gasteiger partial charge in [0.25, 0.3) is 5.95 Å². The first-order valence-electron chi connectivity index (χ1n) is 6.46. The third kappa shape index (κ3) is 3.36. The summed E-state index contributed by atoms with van der Waals surface area (Å²) in [6.07, 6.45) is 0. The summed E-state index contributed by atoms with van der Waals surface area (Å²) in [5.41, 5.74) is 0.531. The Morgan fingerprint density at radius 2 is 2.05 bits per heavy atom. The number of hydrogen-bond donors (Lipinski definition) is 0. The smallest absolute Gasteiger partial charge is 0.323 e. The van der Waals surface area contributed by atoms with Gasteiger partial charge in [-0.2, -0.15) is 4.98 Å². The van der Waals surface area contributed by atoms with E-state index in [-0.39, 0.29) is 18.3 Å². The molecule has 21 heavy (non-hydrogen) atoms. The molecule has 1 heterocycles. The number of anilines is 1. The first-order valence-corrected chi connectivity index (χ1v) is 6.46. The van der Waals surface area contributed by atoms with Crippen LogP contribution in [0.4, 0.5) is 10.3 Å². The zero-order chi connectivity index (χ0) is 15.4. The second-order valence-electron chi connectivity index (χ2n) is 4.56. The molecule has 112 valence electrons. The quantitative estimate of drug-likeness (QED) is 0.785. The standard InChI is InChI=1S/C14H16FN3O3/c1-4-20-13(19)11(9-5-7-10(15)8-6-9)12-16-14(17-21-12)18(2)3/h5-8,11H,4H2,1-3H3. The highest BCUT2D eigenvalue weighted by atomic mass is 19.1. The zero-order valence-electron chi connectivity index (χ0n) is 12.0. The third-order valence-corrected chi connectivity index (χ3v) is 2.80. The number of hydrogen-bond acceptors (Lipinski definition) is 6. The van der Waals surface area contributed by atoms with Crippen molar-refractivity contribution >= 4 is 11.9 Å². The SMILES string of the molecule is CCOC(=O)C(c1ccc(F)cc1)c1nc(N(C)C)no1. The minimum Gasteiger partial charge on any atom is -0.465 e. The van der Waals surface area contributed by atoms with E-state index in [0.717, 1.165) is 0 Å². The molecular weight excluding hydrogens is 277 g/mol. The van der Waals surface area contributed by atoms with Crippen LogP contribution in [-0.4, -0.2) is 36.8 Å². The van der Waals surface area contributed by atoms with E-state index in [9.17, 15) is 9.18 Å². The topological polar surface area (TPSA) is 68.5 Å². The van der Waals surface area contributed by atoms with Crippen LogP contribution in [0.15, 0.2) is 28.8 Å². The number of ether oxygens (including phenoxy) is 1. The van der Waals surface area contributed by atoms with Crippen molar-refractivity contribution in [2.24, 2.45) is 0 Å². The Morgan fingerprint density at radius 3 is 2.57 bits per heavy atom. The minimum atomic E-state index is -0.869. The summed E-state index contributed by atoms with van der Waals surface area (Å²) in [5.74, 6) is -1.31. The Bertz CT molecular complexity index is 610. The number of rotatable bonds is 5. The van der Waals surface area contributed by atoms with Crippen molar-refractivity contribution in [1.82, 2.24) is 10.1 Å². The maximum atomic E-state index is 13.0. The maximum absolute atomic E-state index is 13.0. The molecule has 0 amide bonds. The Morgan fingerprint density at radius 1 is 1.38 bits per heavy atom. The lowest BCUT2D eigenvalue weighted by Gasteiger charge is -2.12. The van der Waals surface area contributed by atoms with Crippen molar-refractivity contribution < 1.29 is 18.4 Å². The summed E-state index contributed by atoms with van der Waals surface area (Å²) in [6, 6.07) is 5.53. The van der Waals surface area contributed by atoms with Crippen LogP contribution in [0.2, 0.25) is 0 Å². The number of benzene rings is 1. The molecule has 0 aliphatic rings. The van der Waals surface area contributed by atoms with Crippen LogP contribution in [0.1, 0.15) is 24.3 Å². The normalized spacial score (nSPS) is 12.0. The highest BCUT2D eigenvalue weighted by Gasteiger charge is 2.30. The molecule has 1 unspecified atom stereocenters. The van der Waals surface area contributed by atoms with Gasteiger partial charge in [-0.3, -0.25) is 4.79 Å². The summed E-state index contributed by atoms with van der Waals surface area (Å²) < 4.78 is 23.2. The van der Waals surface area contributed by atoms with Gasteiger partial charge >= 0.3 is 5.97 Å². The zero-order valence-corrected chi connectivity index (χ0v) is 12.0. The highest BCUT2D eigenvalue weighted by molar-refractivity contribution is 5.80. The molecule has 0 N–H and O–H groups in total. The van der Waals surface area contributed by atoms with Gasteiger partial charge in [0.1, 0.15) is 5.82 Å². The van der Waals surface area contributed by atoms with E-state index in [1.165, 1.54) is 24.3 Å². The molecule has 0 saturated carbocycles. The molecule has 0 aliphatic carbocycles. The molecule has 0 bridgehead atoms. The maximum Gasteiger partial charge on any atom is 0.323 e. The fourth-order valence-corrected chi connectivity index (χ4v) is 1.79. The van der Waals surface area contributed by atoms with Gasteiger partial charge in [-0.25, -0.2) is 4.39 Å². The lowest BCUT2D eigenvalue weighted by molar-refractivity contribution is -0.144. The average molecular weight is 293 g/mol. The first kappa shape index (κ1) is 15.0. The fraction of sp³-hybridized carbons (Fsp3) is 0.357. The summed E-state index contributed by atoms with van der Waals surface area (Å²) in [5, 5.41) is 3.78. The molecule has 0 spiro atoms. The summed E-state index contributed by atoms with van der Waals surface area (Å²) in [6.45, 7) is 1.93. The van der Waals surface area contributed by atoms with Gasteiger partial charge in [0.15, 0.2) is 5.92 Å². The summed E-state index contributed by atoms with van der Waals surface area (Å²) in [4.78, 5) is 18.0. The summed E-state index contributed by atoms with van der Waals surface area (Å²) >= 11 is 0. The van der Waals surface area contributed by atoms with E-state index in [1.807, 2.05) is 0 Å². The van der Waals surface area contributed by atoms with Crippen molar-refractivity contribution in [2.45, 2.75) is 12.8 Å². The first-order chi connectivity index (χ1) is 10.0. The predicted molar refractivity (Wildman–Crippen MR) is 73.5 cm³/mol.